The number of hydrogen-bond acceptors (Lipinski definition) is 1. The topological polar surface area (TPSA) is 20.9 Å². The normalized spacial score (nSPS) is 16.1. The number of aryl methyl sites for hydroxylation is 2. The number of furan rings is 1. The quantitative estimate of drug-likeness (QED) is 0.189. The van der Waals surface area contributed by atoms with Crippen molar-refractivity contribution in [2.75, 3.05) is 0 Å². The van der Waals surface area contributed by atoms with Gasteiger partial charge in [0, 0.05) is 46.5 Å². The van der Waals surface area contributed by atoms with Crippen LogP contribution in [0, 0.1) is 6.92 Å². The van der Waals surface area contributed by atoms with E-state index in [2.05, 4.69) is 141 Å². The smallest absolute Gasteiger partial charge is 0.221 e. The Hall–Kier alpha value is -4.50. The number of nitrogens with zero attached hydrogens (tertiary/aromatic N) is 2. The molecule has 2 atom stereocenters. The van der Waals surface area contributed by atoms with Crippen molar-refractivity contribution in [3.05, 3.63) is 126 Å². The molecule has 0 saturated heterocycles. The largest absolute Gasteiger partial charge is 0.455 e. The van der Waals surface area contributed by atoms with Crippen LogP contribution in [0.1, 0.15) is 67.3 Å². The average molecular weight is 551 g/mol. The molecule has 3 aromatic carbocycles. The third-order valence-electron chi connectivity index (χ3n) is 9.28. The molecule has 3 nitrogen and oxygen atoms in total. The predicted octanol–water partition coefficient (Wildman–Crippen LogP) is 9.32. The van der Waals surface area contributed by atoms with Crippen molar-refractivity contribution in [3.63, 3.8) is 0 Å². The van der Waals surface area contributed by atoms with Gasteiger partial charge in [-0.1, -0.05) is 49.7 Å². The van der Waals surface area contributed by atoms with Crippen LogP contribution in [0.2, 0.25) is 0 Å². The van der Waals surface area contributed by atoms with Gasteiger partial charge in [0.1, 0.15) is 11.2 Å². The van der Waals surface area contributed by atoms with Crippen LogP contribution in [0.4, 0.5) is 0 Å². The van der Waals surface area contributed by atoms with Crippen LogP contribution in [-0.4, -0.2) is 0 Å². The van der Waals surface area contributed by atoms with E-state index < -0.39 is 0 Å². The Kier molecular flexibility index (Phi) is 6.54. The van der Waals surface area contributed by atoms with E-state index in [1.54, 1.807) is 0 Å². The zero-order valence-electron chi connectivity index (χ0n) is 25.0. The van der Waals surface area contributed by atoms with Gasteiger partial charge in [-0.2, -0.15) is 9.13 Å². The van der Waals surface area contributed by atoms with Crippen LogP contribution < -0.4 is 9.13 Å². The first-order chi connectivity index (χ1) is 20.4. The molecule has 1 aliphatic rings. The van der Waals surface area contributed by atoms with Crippen LogP contribution in [-0.2, 0) is 6.42 Å². The van der Waals surface area contributed by atoms with Crippen LogP contribution in [0.3, 0.4) is 0 Å². The standard InChI is InChI=1S/C39H38N2O/c1-6-40-21-9-7-12-36(40)38-28(15-19-32-34-24-29(25(2)3)16-20-37(34)42-39(32)38)14-18-30-27(5)41-22-10-8-11-35(41)31-17-13-26(4)23-33(30)31/h6-13,15-17,19-25,27,30H,1,14,18H2,2-5H3/q+2. The Morgan fingerprint density at radius 2 is 1.69 bits per heavy atom. The summed E-state index contributed by atoms with van der Waals surface area (Å²) in [6.45, 7) is 13.2. The third-order valence-corrected chi connectivity index (χ3v) is 9.28. The fourth-order valence-electron chi connectivity index (χ4n) is 7.00. The summed E-state index contributed by atoms with van der Waals surface area (Å²) in [5, 5.41) is 2.35. The second-order valence-corrected chi connectivity index (χ2v) is 12.1. The van der Waals surface area contributed by atoms with E-state index in [1.165, 1.54) is 44.3 Å². The lowest BCUT2D eigenvalue weighted by molar-refractivity contribution is -0.714. The Balaban J connectivity index is 1.37. The van der Waals surface area contributed by atoms with Crippen LogP contribution in [0.15, 0.2) is 108 Å². The average Bonchev–Trinajstić information content (AvgIpc) is 3.38. The zero-order chi connectivity index (χ0) is 29.0. The minimum atomic E-state index is 0.359. The first-order valence-corrected chi connectivity index (χ1v) is 15.2. The highest BCUT2D eigenvalue weighted by Crippen LogP contribution is 2.43. The van der Waals surface area contributed by atoms with Crippen molar-refractivity contribution in [3.8, 4) is 22.5 Å². The first kappa shape index (κ1) is 26.4. The zero-order valence-corrected chi connectivity index (χ0v) is 25.0. The molecular weight excluding hydrogens is 512 g/mol. The Labute approximate surface area is 248 Å². The summed E-state index contributed by atoms with van der Waals surface area (Å²) in [4.78, 5) is 0. The van der Waals surface area contributed by atoms with Crippen molar-refractivity contribution < 1.29 is 13.6 Å². The van der Waals surface area contributed by atoms with E-state index in [-0.39, 0.29) is 0 Å². The minimum absolute atomic E-state index is 0.359. The molecule has 0 amide bonds. The molecule has 0 spiro atoms. The summed E-state index contributed by atoms with van der Waals surface area (Å²) in [6, 6.07) is 31.5. The SMILES string of the molecule is C=C[n+]1ccccc1-c1c(CCC2c3cc(C)ccc3-c3cccc[n+]3C2C)ccc2c1oc1ccc(C(C)C)cc12. The first-order valence-electron chi connectivity index (χ1n) is 15.2. The van der Waals surface area contributed by atoms with Gasteiger partial charge in [0.05, 0.1) is 5.56 Å². The highest BCUT2D eigenvalue weighted by molar-refractivity contribution is 6.10. The Morgan fingerprint density at radius 3 is 2.50 bits per heavy atom. The Morgan fingerprint density at radius 1 is 0.881 bits per heavy atom. The number of hydrogen-bond donors (Lipinski definition) is 0. The van der Waals surface area contributed by atoms with Crippen LogP contribution in [0.25, 0.3) is 50.7 Å². The number of pyridine rings is 2. The molecular formula is C39H38N2O+2. The summed E-state index contributed by atoms with van der Waals surface area (Å²) in [5.74, 6) is 0.858. The van der Waals surface area contributed by atoms with Crippen molar-refractivity contribution in [1.29, 1.82) is 0 Å². The Bertz CT molecular complexity index is 1980. The molecule has 3 heteroatoms. The van der Waals surface area contributed by atoms with Gasteiger partial charge >= 0.3 is 0 Å². The van der Waals surface area contributed by atoms with E-state index >= 15 is 0 Å². The summed E-state index contributed by atoms with van der Waals surface area (Å²) in [5.41, 5.74) is 12.2. The molecule has 7 rings (SSSR count). The molecule has 208 valence electrons. The van der Waals surface area contributed by atoms with E-state index in [0.717, 1.165) is 35.3 Å². The van der Waals surface area contributed by atoms with Crippen molar-refractivity contribution >= 4 is 28.1 Å². The fourth-order valence-corrected chi connectivity index (χ4v) is 7.00. The lowest BCUT2D eigenvalue weighted by Gasteiger charge is -2.29. The second-order valence-electron chi connectivity index (χ2n) is 12.1. The highest BCUT2D eigenvalue weighted by Gasteiger charge is 2.37. The van der Waals surface area contributed by atoms with Gasteiger partial charge in [-0.05, 0) is 86.2 Å². The van der Waals surface area contributed by atoms with Gasteiger partial charge in [0.2, 0.25) is 11.4 Å². The maximum atomic E-state index is 6.69. The van der Waals surface area contributed by atoms with Crippen molar-refractivity contribution in [1.82, 2.24) is 0 Å². The third kappa shape index (κ3) is 4.27. The van der Waals surface area contributed by atoms with E-state index in [1.807, 2.05) is 6.20 Å². The van der Waals surface area contributed by atoms with Gasteiger partial charge in [0.15, 0.2) is 24.6 Å². The number of aromatic nitrogens is 2. The predicted molar refractivity (Wildman–Crippen MR) is 172 cm³/mol. The molecule has 0 bridgehead atoms. The van der Waals surface area contributed by atoms with Crippen LogP contribution >= 0.6 is 0 Å². The second kappa shape index (κ2) is 10.4. The number of rotatable bonds is 6. The molecule has 6 aromatic rings. The molecule has 1 aliphatic heterocycles. The molecule has 0 radical (unpaired) electrons. The molecule has 4 heterocycles. The van der Waals surface area contributed by atoms with Crippen LogP contribution in [0.5, 0.6) is 0 Å². The van der Waals surface area contributed by atoms with E-state index in [0.29, 0.717) is 17.9 Å². The van der Waals surface area contributed by atoms with Gasteiger partial charge < -0.3 is 4.42 Å². The monoisotopic (exact) mass is 550 g/mol. The molecule has 0 fully saturated rings. The van der Waals surface area contributed by atoms with E-state index in [9.17, 15) is 0 Å². The maximum absolute atomic E-state index is 6.69. The lowest BCUT2D eigenvalue weighted by Crippen LogP contribution is -2.45. The fraction of sp³-hybridized carbons (Fsp3) is 0.231. The van der Waals surface area contributed by atoms with E-state index in [4.69, 9.17) is 4.42 Å². The molecule has 2 unspecified atom stereocenters. The van der Waals surface area contributed by atoms with Crippen molar-refractivity contribution in [2.45, 2.75) is 58.4 Å². The molecule has 3 aromatic heterocycles. The molecule has 0 saturated carbocycles. The summed E-state index contributed by atoms with van der Waals surface area (Å²) < 4.78 is 11.3. The lowest BCUT2D eigenvalue weighted by atomic mass is 9.79. The summed E-state index contributed by atoms with van der Waals surface area (Å²) in [6.07, 6.45) is 8.17. The summed E-state index contributed by atoms with van der Waals surface area (Å²) >= 11 is 0. The van der Waals surface area contributed by atoms with Crippen molar-refractivity contribution in [2.24, 2.45) is 0 Å². The number of fused-ring (bicyclic) bond motifs is 6. The molecule has 0 aliphatic carbocycles. The minimum Gasteiger partial charge on any atom is -0.455 e. The van der Waals surface area contributed by atoms with Gasteiger partial charge in [-0.25, -0.2) is 0 Å². The maximum Gasteiger partial charge on any atom is 0.221 e. The van der Waals surface area contributed by atoms with Gasteiger partial charge in [-0.3, -0.25) is 0 Å². The molecule has 0 N–H and O–H groups in total. The molecule has 42 heavy (non-hydrogen) atoms. The highest BCUT2D eigenvalue weighted by atomic mass is 16.3. The van der Waals surface area contributed by atoms with Gasteiger partial charge in [0.25, 0.3) is 0 Å². The number of benzene rings is 3. The van der Waals surface area contributed by atoms with Gasteiger partial charge in [-0.15, -0.1) is 0 Å². The summed E-state index contributed by atoms with van der Waals surface area (Å²) in [7, 11) is 0.